The number of aromatic nitrogens is 1. The van der Waals surface area contributed by atoms with Gasteiger partial charge in [-0.25, -0.2) is 0 Å². The molecule has 3 N–H and O–H groups in total. The number of alkyl halides is 1. The van der Waals surface area contributed by atoms with Crippen LogP contribution in [0, 0.1) is 6.92 Å². The van der Waals surface area contributed by atoms with Gasteiger partial charge in [-0.15, -0.1) is 11.6 Å². The molecule has 0 atom stereocenters. The van der Waals surface area contributed by atoms with Gasteiger partial charge in [0.2, 0.25) is 0 Å². The molecule has 0 aliphatic carbocycles. The second kappa shape index (κ2) is 5.93. The standard InChI is InChI=1S/C9H12ClNO8S2/c1-5-6(4-10)7(21(17,18)19)9(13)11(8(5)12)2-3-20(14,15)16/h12H,2-4H2,1H3,(H,14,15,16)(H,17,18,19). The Bertz CT molecular complexity index is 824. The van der Waals surface area contributed by atoms with E-state index in [-0.39, 0.29) is 11.1 Å². The summed E-state index contributed by atoms with van der Waals surface area (Å²) in [6.07, 6.45) is 0. The fraction of sp³-hybridized carbons (Fsp3) is 0.444. The highest BCUT2D eigenvalue weighted by atomic mass is 35.5. The van der Waals surface area contributed by atoms with Crippen LogP contribution in [0.5, 0.6) is 5.88 Å². The molecule has 0 aliphatic heterocycles. The van der Waals surface area contributed by atoms with Crippen LogP contribution < -0.4 is 5.56 Å². The summed E-state index contributed by atoms with van der Waals surface area (Å²) in [5, 5.41) is 9.83. The second-order valence-corrected chi connectivity index (χ2v) is 7.31. The molecule has 0 spiro atoms. The molecule has 1 rings (SSSR count). The third-order valence-corrected chi connectivity index (χ3v) is 4.62. The van der Waals surface area contributed by atoms with Crippen LogP contribution in [0.1, 0.15) is 11.1 Å². The Morgan fingerprint density at radius 1 is 1.19 bits per heavy atom. The van der Waals surface area contributed by atoms with Crippen molar-refractivity contribution in [3.8, 4) is 5.88 Å². The molecular formula is C9H12ClNO8S2. The lowest BCUT2D eigenvalue weighted by molar-refractivity contribution is 0.399. The molecule has 9 nitrogen and oxygen atoms in total. The van der Waals surface area contributed by atoms with Gasteiger partial charge in [-0.05, 0) is 6.92 Å². The lowest BCUT2D eigenvalue weighted by Crippen LogP contribution is -2.30. The van der Waals surface area contributed by atoms with Crippen molar-refractivity contribution in [2.24, 2.45) is 0 Å². The minimum Gasteiger partial charge on any atom is -0.494 e. The van der Waals surface area contributed by atoms with Crippen molar-refractivity contribution < 1.29 is 31.0 Å². The molecule has 0 aromatic carbocycles. The molecule has 1 aromatic heterocycles. The second-order valence-electron chi connectivity index (χ2n) is 4.11. The van der Waals surface area contributed by atoms with Crippen LogP contribution in [0.15, 0.2) is 9.69 Å². The Labute approximate surface area is 125 Å². The van der Waals surface area contributed by atoms with E-state index in [2.05, 4.69) is 0 Å². The molecule has 0 unspecified atom stereocenters. The zero-order chi connectivity index (χ0) is 16.6. The minimum atomic E-state index is -4.93. The van der Waals surface area contributed by atoms with E-state index in [0.717, 1.165) is 0 Å². The summed E-state index contributed by atoms with van der Waals surface area (Å²) in [4.78, 5) is 11.0. The Balaban J connectivity index is 3.69. The summed E-state index contributed by atoms with van der Waals surface area (Å²) >= 11 is 5.52. The van der Waals surface area contributed by atoms with E-state index in [1.165, 1.54) is 6.92 Å². The van der Waals surface area contributed by atoms with Crippen molar-refractivity contribution in [2.75, 3.05) is 5.75 Å². The maximum absolute atomic E-state index is 12.0. The first-order chi connectivity index (χ1) is 9.40. The smallest absolute Gasteiger partial charge is 0.300 e. The van der Waals surface area contributed by atoms with Crippen LogP contribution in [0.4, 0.5) is 0 Å². The molecule has 1 aromatic rings. The highest BCUT2D eigenvalue weighted by Crippen LogP contribution is 2.25. The Kier molecular flexibility index (Phi) is 5.05. The third-order valence-electron chi connectivity index (χ3n) is 2.72. The summed E-state index contributed by atoms with van der Waals surface area (Å²) in [5.41, 5.74) is -1.72. The van der Waals surface area contributed by atoms with Gasteiger partial charge in [0.05, 0.1) is 5.75 Å². The molecule has 120 valence electrons. The van der Waals surface area contributed by atoms with Crippen LogP contribution in [-0.4, -0.2) is 41.4 Å². The zero-order valence-electron chi connectivity index (χ0n) is 10.6. The first-order valence-electron chi connectivity index (χ1n) is 5.34. The molecule has 0 aliphatic rings. The monoisotopic (exact) mass is 361 g/mol. The summed E-state index contributed by atoms with van der Waals surface area (Å²) < 4.78 is 62.1. The predicted molar refractivity (Wildman–Crippen MR) is 72.9 cm³/mol. The summed E-state index contributed by atoms with van der Waals surface area (Å²) in [6, 6.07) is 0. The van der Waals surface area contributed by atoms with Crippen molar-refractivity contribution in [2.45, 2.75) is 24.2 Å². The molecule has 0 amide bonds. The largest absolute Gasteiger partial charge is 0.494 e. The van der Waals surface area contributed by atoms with Crippen LogP contribution in [-0.2, 0) is 32.7 Å². The number of halogens is 1. The molecule has 0 saturated carbocycles. The quantitative estimate of drug-likeness (QED) is 0.479. The van der Waals surface area contributed by atoms with E-state index in [0.29, 0.717) is 4.57 Å². The lowest BCUT2D eigenvalue weighted by atomic mass is 10.1. The molecule has 0 radical (unpaired) electrons. The van der Waals surface area contributed by atoms with Crippen LogP contribution in [0.3, 0.4) is 0 Å². The van der Waals surface area contributed by atoms with Gasteiger partial charge in [-0.2, -0.15) is 16.8 Å². The Morgan fingerprint density at radius 3 is 2.10 bits per heavy atom. The zero-order valence-corrected chi connectivity index (χ0v) is 13.0. The maximum Gasteiger partial charge on any atom is 0.300 e. The fourth-order valence-electron chi connectivity index (χ4n) is 1.70. The number of pyridine rings is 1. The Hall–Kier alpha value is -1.14. The van der Waals surface area contributed by atoms with E-state index in [4.69, 9.17) is 20.7 Å². The van der Waals surface area contributed by atoms with Crippen molar-refractivity contribution >= 4 is 31.8 Å². The van der Waals surface area contributed by atoms with Gasteiger partial charge < -0.3 is 5.11 Å². The first-order valence-corrected chi connectivity index (χ1v) is 8.92. The van der Waals surface area contributed by atoms with E-state index in [9.17, 15) is 26.7 Å². The molecular weight excluding hydrogens is 350 g/mol. The van der Waals surface area contributed by atoms with E-state index >= 15 is 0 Å². The number of rotatable bonds is 5. The number of hydrogen-bond acceptors (Lipinski definition) is 6. The molecule has 12 heteroatoms. The van der Waals surface area contributed by atoms with Gasteiger partial charge in [-0.3, -0.25) is 18.5 Å². The number of hydrogen-bond donors (Lipinski definition) is 3. The van der Waals surface area contributed by atoms with Crippen LogP contribution >= 0.6 is 11.6 Å². The van der Waals surface area contributed by atoms with E-state index in [1.807, 2.05) is 0 Å². The molecule has 0 fully saturated rings. The van der Waals surface area contributed by atoms with Gasteiger partial charge in [0, 0.05) is 23.6 Å². The maximum atomic E-state index is 12.0. The molecule has 1 heterocycles. The van der Waals surface area contributed by atoms with Crippen molar-refractivity contribution in [3.63, 3.8) is 0 Å². The summed E-state index contributed by atoms with van der Waals surface area (Å²) in [7, 11) is -9.37. The van der Waals surface area contributed by atoms with Crippen molar-refractivity contribution in [1.29, 1.82) is 0 Å². The summed E-state index contributed by atoms with van der Waals surface area (Å²) in [5.74, 6) is -2.10. The highest BCUT2D eigenvalue weighted by Gasteiger charge is 2.27. The van der Waals surface area contributed by atoms with E-state index < -0.39 is 54.7 Å². The Morgan fingerprint density at radius 2 is 1.71 bits per heavy atom. The van der Waals surface area contributed by atoms with Gasteiger partial charge >= 0.3 is 0 Å². The summed E-state index contributed by atoms with van der Waals surface area (Å²) in [6.45, 7) is 0.542. The van der Waals surface area contributed by atoms with Gasteiger partial charge in [-0.1, -0.05) is 0 Å². The van der Waals surface area contributed by atoms with E-state index in [1.54, 1.807) is 0 Å². The molecule has 21 heavy (non-hydrogen) atoms. The third kappa shape index (κ3) is 3.95. The highest BCUT2D eigenvalue weighted by molar-refractivity contribution is 7.86. The normalized spacial score (nSPS) is 12.6. The fourth-order valence-corrected chi connectivity index (χ4v) is 3.39. The van der Waals surface area contributed by atoms with Gasteiger partial charge in [0.1, 0.15) is 0 Å². The SMILES string of the molecule is Cc1c(CCl)c(S(=O)(=O)O)c(=O)n(CCS(=O)(=O)O)c1O. The van der Waals surface area contributed by atoms with Crippen LogP contribution in [0.2, 0.25) is 0 Å². The first kappa shape index (κ1) is 17.9. The average Bonchev–Trinajstić information content (AvgIpc) is 2.30. The molecule has 0 bridgehead atoms. The minimum absolute atomic E-state index is 0.104. The number of aromatic hydroxyl groups is 1. The average molecular weight is 362 g/mol. The molecule has 0 saturated heterocycles. The van der Waals surface area contributed by atoms with Crippen LogP contribution in [0.25, 0.3) is 0 Å². The van der Waals surface area contributed by atoms with Crippen molar-refractivity contribution in [1.82, 2.24) is 4.57 Å². The topological polar surface area (TPSA) is 151 Å². The predicted octanol–water partition coefficient (Wildman–Crippen LogP) is -0.264. The van der Waals surface area contributed by atoms with Gasteiger partial charge in [0.25, 0.3) is 25.8 Å². The van der Waals surface area contributed by atoms with Gasteiger partial charge in [0.15, 0.2) is 10.8 Å². The number of nitrogens with zero attached hydrogens (tertiary/aromatic N) is 1. The van der Waals surface area contributed by atoms with Crippen molar-refractivity contribution in [3.05, 3.63) is 21.5 Å². The lowest BCUT2D eigenvalue weighted by Gasteiger charge is -2.15.